The number of hydrogen-bond donors (Lipinski definition) is 1. The van der Waals surface area contributed by atoms with E-state index in [0.717, 1.165) is 0 Å². The molecule has 19 heavy (non-hydrogen) atoms. The minimum absolute atomic E-state index is 0.0367. The third-order valence-corrected chi connectivity index (χ3v) is 2.43. The summed E-state index contributed by atoms with van der Waals surface area (Å²) in [5, 5.41) is 0. The van der Waals surface area contributed by atoms with E-state index in [1.807, 2.05) is 5.48 Å². The molecule has 0 bridgehead atoms. The first-order chi connectivity index (χ1) is 9.06. The smallest absolute Gasteiger partial charge is 0.245 e. The summed E-state index contributed by atoms with van der Waals surface area (Å²) in [5.74, 6) is -1.95. The van der Waals surface area contributed by atoms with Crippen molar-refractivity contribution in [1.29, 1.82) is 0 Å². The van der Waals surface area contributed by atoms with E-state index < -0.39 is 23.6 Å². The number of hydroxylamine groups is 1. The molecule has 8 nitrogen and oxygen atoms in total. The zero-order chi connectivity index (χ0) is 14.3. The lowest BCUT2D eigenvalue weighted by Crippen LogP contribution is -2.35. The Kier molecular flexibility index (Phi) is 6.10. The van der Waals surface area contributed by atoms with Crippen molar-refractivity contribution >= 4 is 23.6 Å². The molecule has 1 fully saturated rings. The number of rotatable bonds is 7. The molecule has 0 aromatic heterocycles. The lowest BCUT2D eigenvalue weighted by atomic mass is 10.2. The molecule has 0 radical (unpaired) electrons. The Bertz CT molecular complexity index is 365. The molecule has 4 amide bonds. The Hall–Kier alpha value is -1.80. The molecule has 1 saturated heterocycles. The van der Waals surface area contributed by atoms with Crippen molar-refractivity contribution < 1.29 is 29.1 Å². The lowest BCUT2D eigenvalue weighted by Gasteiger charge is -2.11. The van der Waals surface area contributed by atoms with Crippen molar-refractivity contribution in [1.82, 2.24) is 10.4 Å². The summed E-state index contributed by atoms with van der Waals surface area (Å²) in [6, 6.07) is 0. The SMILES string of the molecule is CCOONC(=O)CCCC(=O)N1C(=O)CCC1=O. The van der Waals surface area contributed by atoms with Gasteiger partial charge in [-0.3, -0.25) is 19.2 Å². The van der Waals surface area contributed by atoms with Gasteiger partial charge >= 0.3 is 0 Å². The Labute approximate surface area is 109 Å². The van der Waals surface area contributed by atoms with Crippen LogP contribution >= 0.6 is 0 Å². The third-order valence-electron chi connectivity index (χ3n) is 2.43. The number of nitrogens with one attached hydrogen (secondary N) is 1. The van der Waals surface area contributed by atoms with Crippen molar-refractivity contribution in [2.45, 2.75) is 39.0 Å². The molecule has 8 heteroatoms. The standard InChI is InChI=1S/C11H16N2O6/c1-2-18-19-12-8(14)4-3-5-9(15)13-10(16)6-7-11(13)17/h2-7H2,1H3,(H,12,14). The highest BCUT2D eigenvalue weighted by molar-refractivity contribution is 6.14. The van der Waals surface area contributed by atoms with Crippen LogP contribution in [0.25, 0.3) is 0 Å². The van der Waals surface area contributed by atoms with Gasteiger partial charge in [0.05, 0.1) is 6.61 Å². The van der Waals surface area contributed by atoms with Gasteiger partial charge in [-0.15, -0.1) is 4.99 Å². The molecule has 106 valence electrons. The van der Waals surface area contributed by atoms with Crippen molar-refractivity contribution in [2.75, 3.05) is 6.61 Å². The van der Waals surface area contributed by atoms with E-state index in [1.54, 1.807) is 6.92 Å². The van der Waals surface area contributed by atoms with Gasteiger partial charge in [-0.25, -0.2) is 15.3 Å². The summed E-state index contributed by atoms with van der Waals surface area (Å²) in [7, 11) is 0. The highest BCUT2D eigenvalue weighted by atomic mass is 17.3. The Balaban J connectivity index is 2.22. The van der Waals surface area contributed by atoms with E-state index in [2.05, 4.69) is 9.88 Å². The monoisotopic (exact) mass is 272 g/mol. The van der Waals surface area contributed by atoms with Gasteiger partial charge in [0, 0.05) is 25.7 Å². The minimum Gasteiger partial charge on any atom is -0.274 e. The zero-order valence-corrected chi connectivity index (χ0v) is 10.6. The quantitative estimate of drug-likeness (QED) is 0.299. The van der Waals surface area contributed by atoms with E-state index in [-0.39, 0.29) is 38.7 Å². The van der Waals surface area contributed by atoms with Crippen LogP contribution in [0.5, 0.6) is 0 Å². The van der Waals surface area contributed by atoms with Gasteiger partial charge < -0.3 is 0 Å². The number of carbonyl (C=O) groups excluding carboxylic acids is 4. The third kappa shape index (κ3) is 4.76. The molecule has 1 aliphatic rings. The zero-order valence-electron chi connectivity index (χ0n) is 10.6. The molecule has 0 aliphatic carbocycles. The molecule has 0 aromatic carbocycles. The van der Waals surface area contributed by atoms with E-state index in [1.165, 1.54) is 0 Å². The van der Waals surface area contributed by atoms with Gasteiger partial charge in [0.2, 0.25) is 23.6 Å². The highest BCUT2D eigenvalue weighted by Crippen LogP contribution is 2.14. The molecular weight excluding hydrogens is 256 g/mol. The molecular formula is C11H16N2O6. The number of nitrogens with zero attached hydrogens (tertiary/aromatic N) is 1. The summed E-state index contributed by atoms with van der Waals surface area (Å²) in [6.45, 7) is 1.98. The summed E-state index contributed by atoms with van der Waals surface area (Å²) in [5.41, 5.74) is 2.02. The van der Waals surface area contributed by atoms with Gasteiger partial charge in [-0.05, 0) is 13.3 Å². The van der Waals surface area contributed by atoms with Crippen LogP contribution in [0.2, 0.25) is 0 Å². The van der Waals surface area contributed by atoms with Crippen LogP contribution in [0.1, 0.15) is 39.0 Å². The lowest BCUT2D eigenvalue weighted by molar-refractivity contribution is -0.326. The predicted molar refractivity (Wildman–Crippen MR) is 60.8 cm³/mol. The van der Waals surface area contributed by atoms with Crippen LogP contribution in [-0.2, 0) is 29.1 Å². The van der Waals surface area contributed by atoms with Crippen LogP contribution in [-0.4, -0.2) is 35.1 Å². The molecule has 0 saturated carbocycles. The molecule has 1 heterocycles. The normalized spacial score (nSPS) is 14.9. The van der Waals surface area contributed by atoms with Crippen molar-refractivity contribution in [3.8, 4) is 0 Å². The second-order valence-corrected chi connectivity index (χ2v) is 3.89. The number of amides is 4. The van der Waals surface area contributed by atoms with E-state index >= 15 is 0 Å². The summed E-state index contributed by atoms with van der Waals surface area (Å²) >= 11 is 0. The second-order valence-electron chi connectivity index (χ2n) is 3.89. The molecule has 0 spiro atoms. The molecule has 1 aliphatic heterocycles. The first kappa shape index (κ1) is 15.3. The topological polar surface area (TPSA) is 102 Å². The number of hydrogen-bond acceptors (Lipinski definition) is 6. The first-order valence-corrected chi connectivity index (χ1v) is 6.02. The molecule has 1 N–H and O–H groups in total. The predicted octanol–water partition coefficient (Wildman–Crippen LogP) is -0.168. The Morgan fingerprint density at radius 2 is 1.84 bits per heavy atom. The summed E-state index contributed by atoms with van der Waals surface area (Å²) in [4.78, 5) is 54.7. The average molecular weight is 272 g/mol. The van der Waals surface area contributed by atoms with Gasteiger partial charge in [0.25, 0.3) is 0 Å². The number of likely N-dealkylation sites (tertiary alicyclic amines) is 1. The first-order valence-electron chi connectivity index (χ1n) is 6.02. The van der Waals surface area contributed by atoms with Crippen molar-refractivity contribution in [2.24, 2.45) is 0 Å². The Morgan fingerprint density at radius 3 is 2.42 bits per heavy atom. The maximum Gasteiger partial charge on any atom is 0.245 e. The summed E-state index contributed by atoms with van der Waals surface area (Å²) in [6.07, 6.45) is 0.367. The highest BCUT2D eigenvalue weighted by Gasteiger charge is 2.33. The fourth-order valence-corrected chi connectivity index (χ4v) is 1.55. The van der Waals surface area contributed by atoms with Gasteiger partial charge in [0.15, 0.2) is 0 Å². The molecule has 0 atom stereocenters. The van der Waals surface area contributed by atoms with Crippen LogP contribution in [0.15, 0.2) is 0 Å². The van der Waals surface area contributed by atoms with Crippen LogP contribution in [0.4, 0.5) is 0 Å². The van der Waals surface area contributed by atoms with Gasteiger partial charge in [0.1, 0.15) is 0 Å². The molecule has 1 rings (SSSR count). The molecule has 0 aromatic rings. The van der Waals surface area contributed by atoms with Gasteiger partial charge in [-0.1, -0.05) is 0 Å². The maximum atomic E-state index is 11.6. The maximum absolute atomic E-state index is 11.6. The minimum atomic E-state index is -0.564. The number of carbonyl (C=O) groups is 4. The second kappa shape index (κ2) is 7.59. The average Bonchev–Trinajstić information content (AvgIpc) is 2.69. The largest absolute Gasteiger partial charge is 0.274 e. The fraction of sp³-hybridized carbons (Fsp3) is 0.636. The number of imide groups is 3. The molecule has 0 unspecified atom stereocenters. The summed E-state index contributed by atoms with van der Waals surface area (Å²) < 4.78 is 0. The van der Waals surface area contributed by atoms with Crippen molar-refractivity contribution in [3.05, 3.63) is 0 Å². The van der Waals surface area contributed by atoms with E-state index in [0.29, 0.717) is 4.90 Å². The van der Waals surface area contributed by atoms with E-state index in [9.17, 15) is 19.2 Å². The van der Waals surface area contributed by atoms with Crippen LogP contribution < -0.4 is 5.48 Å². The van der Waals surface area contributed by atoms with Gasteiger partial charge in [-0.2, -0.15) is 0 Å². The van der Waals surface area contributed by atoms with Crippen molar-refractivity contribution in [3.63, 3.8) is 0 Å². The Morgan fingerprint density at radius 1 is 1.21 bits per heavy atom. The fourth-order valence-electron chi connectivity index (χ4n) is 1.55. The van der Waals surface area contributed by atoms with E-state index in [4.69, 9.17) is 0 Å². The van der Waals surface area contributed by atoms with Crippen LogP contribution in [0, 0.1) is 0 Å². The van der Waals surface area contributed by atoms with Crippen LogP contribution in [0.3, 0.4) is 0 Å².